The number of nitrogens with one attached hydrogen (secondary N) is 1. The Hall–Kier alpha value is -1.22. The lowest BCUT2D eigenvalue weighted by atomic mass is 9.89. The minimum absolute atomic E-state index is 0.145. The molecule has 0 amide bonds. The third kappa shape index (κ3) is 4.13. The summed E-state index contributed by atoms with van der Waals surface area (Å²) in [5.41, 5.74) is 1.10. The number of benzene rings is 1. The van der Waals surface area contributed by atoms with Crippen molar-refractivity contribution in [3.8, 4) is 11.5 Å². The van der Waals surface area contributed by atoms with Gasteiger partial charge in [0, 0.05) is 24.1 Å². The Morgan fingerprint density at radius 1 is 1.38 bits per heavy atom. The standard InChI is InChI=1S/C18H29NO2/c1-6-10-19-16-12-18(4,5)21-17-11-14(8-9-15(16)17)20-13(3)7-2/h8-9,11,13,16,19H,6-7,10,12H2,1-5H3. The molecule has 2 atom stereocenters. The largest absolute Gasteiger partial charge is 0.491 e. The van der Waals surface area contributed by atoms with Gasteiger partial charge in [-0.3, -0.25) is 0 Å². The van der Waals surface area contributed by atoms with Crippen molar-refractivity contribution < 1.29 is 9.47 Å². The molecule has 0 saturated heterocycles. The zero-order chi connectivity index (χ0) is 15.5. The van der Waals surface area contributed by atoms with Gasteiger partial charge in [-0.25, -0.2) is 0 Å². The van der Waals surface area contributed by atoms with Crippen molar-refractivity contribution in [2.24, 2.45) is 0 Å². The molecule has 2 unspecified atom stereocenters. The summed E-state index contributed by atoms with van der Waals surface area (Å²) in [5, 5.41) is 3.63. The third-order valence-corrected chi connectivity index (χ3v) is 4.00. The fourth-order valence-corrected chi connectivity index (χ4v) is 2.72. The summed E-state index contributed by atoms with van der Waals surface area (Å²) in [5.74, 6) is 1.86. The number of hydrogen-bond donors (Lipinski definition) is 1. The number of fused-ring (bicyclic) bond motifs is 1. The summed E-state index contributed by atoms with van der Waals surface area (Å²) in [7, 11) is 0. The molecule has 0 radical (unpaired) electrons. The molecule has 0 fully saturated rings. The maximum Gasteiger partial charge on any atom is 0.128 e. The molecule has 1 aliphatic rings. The molecule has 3 heteroatoms. The molecule has 0 saturated carbocycles. The molecule has 1 aromatic rings. The van der Waals surface area contributed by atoms with E-state index in [4.69, 9.17) is 9.47 Å². The van der Waals surface area contributed by atoms with Crippen LogP contribution in [0.15, 0.2) is 18.2 Å². The average Bonchev–Trinajstić information content (AvgIpc) is 2.43. The van der Waals surface area contributed by atoms with Gasteiger partial charge in [0.2, 0.25) is 0 Å². The van der Waals surface area contributed by atoms with Crippen molar-refractivity contribution in [3.63, 3.8) is 0 Å². The van der Waals surface area contributed by atoms with Crippen molar-refractivity contribution in [1.29, 1.82) is 0 Å². The second-order valence-electron chi connectivity index (χ2n) is 6.61. The normalized spacial score (nSPS) is 21.3. The van der Waals surface area contributed by atoms with Gasteiger partial charge in [0.15, 0.2) is 0 Å². The summed E-state index contributed by atoms with van der Waals surface area (Å²) in [6.45, 7) is 11.8. The minimum Gasteiger partial charge on any atom is -0.491 e. The topological polar surface area (TPSA) is 30.5 Å². The molecule has 1 aromatic carbocycles. The number of ether oxygens (including phenoxy) is 2. The zero-order valence-electron chi connectivity index (χ0n) is 14.0. The first kappa shape index (κ1) is 16.2. The Bertz CT molecular complexity index is 470. The van der Waals surface area contributed by atoms with E-state index in [1.165, 1.54) is 5.56 Å². The van der Waals surface area contributed by atoms with Crippen molar-refractivity contribution in [2.75, 3.05) is 6.54 Å². The van der Waals surface area contributed by atoms with E-state index in [0.29, 0.717) is 6.04 Å². The van der Waals surface area contributed by atoms with E-state index in [0.717, 1.165) is 37.3 Å². The highest BCUT2D eigenvalue weighted by atomic mass is 16.5. The van der Waals surface area contributed by atoms with E-state index < -0.39 is 0 Å². The van der Waals surface area contributed by atoms with Crippen LogP contribution in [0.2, 0.25) is 0 Å². The van der Waals surface area contributed by atoms with Crippen LogP contribution in [0.1, 0.15) is 65.5 Å². The Labute approximate surface area is 129 Å². The zero-order valence-corrected chi connectivity index (χ0v) is 14.0. The van der Waals surface area contributed by atoms with Gasteiger partial charge in [0.1, 0.15) is 17.1 Å². The SMILES string of the molecule is CCCNC1CC(C)(C)Oc2cc(OC(C)CC)ccc21. The fourth-order valence-electron chi connectivity index (χ4n) is 2.72. The summed E-state index contributed by atoms with van der Waals surface area (Å²) in [6.07, 6.45) is 3.37. The molecule has 1 heterocycles. The lowest BCUT2D eigenvalue weighted by Crippen LogP contribution is -2.39. The van der Waals surface area contributed by atoms with Gasteiger partial charge in [-0.2, -0.15) is 0 Å². The molecule has 1 aliphatic heterocycles. The van der Waals surface area contributed by atoms with Crippen LogP contribution in [0.5, 0.6) is 11.5 Å². The Morgan fingerprint density at radius 3 is 2.81 bits per heavy atom. The van der Waals surface area contributed by atoms with Gasteiger partial charge in [0.25, 0.3) is 0 Å². The molecule has 21 heavy (non-hydrogen) atoms. The summed E-state index contributed by atoms with van der Waals surface area (Å²) in [6, 6.07) is 6.62. The fraction of sp³-hybridized carbons (Fsp3) is 0.667. The monoisotopic (exact) mass is 291 g/mol. The van der Waals surface area contributed by atoms with Crippen LogP contribution in [-0.4, -0.2) is 18.2 Å². The summed E-state index contributed by atoms with van der Waals surface area (Å²) >= 11 is 0. The van der Waals surface area contributed by atoms with Gasteiger partial charge in [-0.1, -0.05) is 19.9 Å². The minimum atomic E-state index is -0.145. The first-order valence-electron chi connectivity index (χ1n) is 8.18. The molecule has 0 spiro atoms. The highest BCUT2D eigenvalue weighted by molar-refractivity contribution is 5.44. The highest BCUT2D eigenvalue weighted by Gasteiger charge is 2.33. The van der Waals surface area contributed by atoms with Crippen LogP contribution < -0.4 is 14.8 Å². The van der Waals surface area contributed by atoms with Crippen molar-refractivity contribution in [1.82, 2.24) is 5.32 Å². The van der Waals surface area contributed by atoms with Crippen LogP contribution in [0.4, 0.5) is 0 Å². The molecular formula is C18H29NO2. The summed E-state index contributed by atoms with van der Waals surface area (Å²) < 4.78 is 12.1. The quantitative estimate of drug-likeness (QED) is 0.839. The molecule has 0 aliphatic carbocycles. The number of hydrogen-bond acceptors (Lipinski definition) is 3. The lowest BCUT2D eigenvalue weighted by Gasteiger charge is -2.38. The molecule has 2 rings (SSSR count). The van der Waals surface area contributed by atoms with Crippen molar-refractivity contribution in [3.05, 3.63) is 23.8 Å². The van der Waals surface area contributed by atoms with Crippen LogP contribution in [-0.2, 0) is 0 Å². The van der Waals surface area contributed by atoms with Crippen LogP contribution in [0.25, 0.3) is 0 Å². The molecule has 0 bridgehead atoms. The second kappa shape index (κ2) is 6.69. The Kier molecular flexibility index (Phi) is 5.15. The maximum absolute atomic E-state index is 6.17. The van der Waals surface area contributed by atoms with Gasteiger partial charge in [-0.15, -0.1) is 0 Å². The lowest BCUT2D eigenvalue weighted by molar-refractivity contribution is 0.0655. The Balaban J connectivity index is 2.23. The van der Waals surface area contributed by atoms with E-state index in [2.05, 4.69) is 52.1 Å². The van der Waals surface area contributed by atoms with E-state index >= 15 is 0 Å². The van der Waals surface area contributed by atoms with E-state index in [9.17, 15) is 0 Å². The predicted molar refractivity (Wildman–Crippen MR) is 87.2 cm³/mol. The molecule has 1 N–H and O–H groups in total. The van der Waals surface area contributed by atoms with Crippen LogP contribution in [0, 0.1) is 0 Å². The van der Waals surface area contributed by atoms with Gasteiger partial charge in [-0.05, 0) is 46.2 Å². The molecular weight excluding hydrogens is 262 g/mol. The number of rotatable bonds is 6. The van der Waals surface area contributed by atoms with Crippen molar-refractivity contribution >= 4 is 0 Å². The molecule has 3 nitrogen and oxygen atoms in total. The predicted octanol–water partition coefficient (Wildman–Crippen LogP) is 4.47. The highest BCUT2D eigenvalue weighted by Crippen LogP contribution is 2.41. The first-order valence-corrected chi connectivity index (χ1v) is 8.18. The van der Waals surface area contributed by atoms with Gasteiger partial charge >= 0.3 is 0 Å². The van der Waals surface area contributed by atoms with E-state index in [1.807, 2.05) is 6.07 Å². The van der Waals surface area contributed by atoms with Crippen LogP contribution >= 0.6 is 0 Å². The van der Waals surface area contributed by atoms with Crippen LogP contribution in [0.3, 0.4) is 0 Å². The maximum atomic E-state index is 6.17. The Morgan fingerprint density at radius 2 is 2.14 bits per heavy atom. The average molecular weight is 291 g/mol. The van der Waals surface area contributed by atoms with Gasteiger partial charge < -0.3 is 14.8 Å². The van der Waals surface area contributed by atoms with E-state index in [-0.39, 0.29) is 11.7 Å². The van der Waals surface area contributed by atoms with E-state index in [1.54, 1.807) is 0 Å². The second-order valence-corrected chi connectivity index (χ2v) is 6.61. The van der Waals surface area contributed by atoms with Gasteiger partial charge in [0.05, 0.1) is 6.10 Å². The smallest absolute Gasteiger partial charge is 0.128 e. The molecule has 0 aromatic heterocycles. The summed E-state index contributed by atoms with van der Waals surface area (Å²) in [4.78, 5) is 0. The first-order chi connectivity index (χ1) is 9.95. The molecule has 118 valence electrons. The third-order valence-electron chi connectivity index (χ3n) is 4.00. The van der Waals surface area contributed by atoms with Crippen molar-refractivity contribution in [2.45, 2.75) is 71.6 Å².